The van der Waals surface area contributed by atoms with Crippen LogP contribution >= 0.6 is 15.9 Å². The first-order valence-corrected chi connectivity index (χ1v) is 8.53. The van der Waals surface area contributed by atoms with Crippen LogP contribution in [0.1, 0.15) is 11.1 Å². The normalized spacial score (nSPS) is 11.2. The zero-order valence-electron chi connectivity index (χ0n) is 11.8. The molecule has 8 heteroatoms. The van der Waals surface area contributed by atoms with E-state index >= 15 is 0 Å². The Morgan fingerprint density at radius 1 is 1.18 bits per heavy atom. The fraction of sp³-hybridized carbons (Fsp3) is 0.143. The van der Waals surface area contributed by atoms with Crippen LogP contribution in [-0.2, 0) is 10.0 Å². The van der Waals surface area contributed by atoms with Gasteiger partial charge in [0.05, 0.1) is 9.82 Å². The maximum atomic E-state index is 12.4. The van der Waals surface area contributed by atoms with E-state index in [4.69, 9.17) is 0 Å². The monoisotopic (exact) mass is 384 g/mol. The topological polar surface area (TPSA) is 89.3 Å². The third kappa shape index (κ3) is 3.28. The van der Waals surface area contributed by atoms with Crippen molar-refractivity contribution in [2.45, 2.75) is 18.7 Å². The van der Waals surface area contributed by atoms with Crippen molar-refractivity contribution in [1.82, 2.24) is 0 Å². The average Bonchev–Trinajstić information content (AvgIpc) is 2.42. The zero-order chi connectivity index (χ0) is 16.5. The third-order valence-corrected chi connectivity index (χ3v) is 5.57. The molecule has 22 heavy (non-hydrogen) atoms. The lowest BCUT2D eigenvalue weighted by Gasteiger charge is -2.11. The third-order valence-electron chi connectivity index (χ3n) is 3.15. The first-order valence-electron chi connectivity index (χ1n) is 6.25. The molecule has 0 fully saturated rings. The highest BCUT2D eigenvalue weighted by Gasteiger charge is 2.23. The second-order valence-corrected chi connectivity index (χ2v) is 7.23. The van der Waals surface area contributed by atoms with Crippen molar-refractivity contribution >= 4 is 37.3 Å². The number of rotatable bonds is 4. The van der Waals surface area contributed by atoms with Gasteiger partial charge in [-0.15, -0.1) is 0 Å². The van der Waals surface area contributed by atoms with Gasteiger partial charge in [-0.3, -0.25) is 14.8 Å². The highest BCUT2D eigenvalue weighted by molar-refractivity contribution is 9.10. The summed E-state index contributed by atoms with van der Waals surface area (Å²) in [4.78, 5) is 10.2. The minimum atomic E-state index is -3.90. The van der Waals surface area contributed by atoms with E-state index in [9.17, 15) is 18.5 Å². The van der Waals surface area contributed by atoms with Crippen molar-refractivity contribution in [2.75, 3.05) is 4.72 Å². The molecule has 0 aliphatic carbocycles. The van der Waals surface area contributed by atoms with E-state index in [-0.39, 0.29) is 16.1 Å². The van der Waals surface area contributed by atoms with Crippen molar-refractivity contribution in [2.24, 2.45) is 0 Å². The molecular weight excluding hydrogens is 372 g/mol. The first kappa shape index (κ1) is 16.4. The number of nitrogens with zero attached hydrogens (tertiary/aromatic N) is 1. The smallest absolute Gasteiger partial charge is 0.273 e. The number of nitro benzene ring substituents is 1. The molecule has 0 atom stereocenters. The fourth-order valence-corrected chi connectivity index (χ4v) is 3.57. The number of benzene rings is 2. The van der Waals surface area contributed by atoms with Gasteiger partial charge in [0.15, 0.2) is 0 Å². The predicted octanol–water partition coefficient (Wildman–Crippen LogP) is 3.77. The van der Waals surface area contributed by atoms with E-state index in [0.29, 0.717) is 5.69 Å². The standard InChI is InChI=1S/C14H13BrN2O4S/c1-9-8-11(6-7-12(9)15)16-22(20,21)14-5-3-4-13(10(14)2)17(18)19/h3-8,16H,1-2H3. The zero-order valence-corrected chi connectivity index (χ0v) is 14.2. The average molecular weight is 385 g/mol. The Labute approximate surface area is 136 Å². The predicted molar refractivity (Wildman–Crippen MR) is 87.5 cm³/mol. The highest BCUT2D eigenvalue weighted by Crippen LogP contribution is 2.27. The number of nitrogens with one attached hydrogen (secondary N) is 1. The number of anilines is 1. The minimum Gasteiger partial charge on any atom is -0.280 e. The molecule has 0 amide bonds. The second-order valence-electron chi connectivity index (χ2n) is 4.73. The summed E-state index contributed by atoms with van der Waals surface area (Å²) in [6.07, 6.45) is 0. The van der Waals surface area contributed by atoms with E-state index in [0.717, 1.165) is 10.0 Å². The van der Waals surface area contributed by atoms with Gasteiger partial charge in [-0.1, -0.05) is 22.0 Å². The minimum absolute atomic E-state index is 0.105. The Morgan fingerprint density at radius 2 is 1.86 bits per heavy atom. The Balaban J connectivity index is 2.45. The van der Waals surface area contributed by atoms with Gasteiger partial charge in [-0.05, 0) is 43.7 Å². The molecule has 6 nitrogen and oxygen atoms in total. The van der Waals surface area contributed by atoms with Gasteiger partial charge in [0.2, 0.25) is 0 Å². The first-order chi connectivity index (χ1) is 10.2. The molecule has 0 heterocycles. The van der Waals surface area contributed by atoms with Gasteiger partial charge in [0.1, 0.15) is 0 Å². The van der Waals surface area contributed by atoms with Crippen LogP contribution in [0.4, 0.5) is 11.4 Å². The van der Waals surface area contributed by atoms with Gasteiger partial charge in [0, 0.05) is 21.8 Å². The van der Waals surface area contributed by atoms with Crippen molar-refractivity contribution < 1.29 is 13.3 Å². The molecule has 0 saturated heterocycles. The molecule has 1 N–H and O–H groups in total. The maximum Gasteiger partial charge on any atom is 0.273 e. The molecule has 0 aliphatic heterocycles. The Hall–Kier alpha value is -1.93. The van der Waals surface area contributed by atoms with Crippen LogP contribution in [0.2, 0.25) is 0 Å². The largest absolute Gasteiger partial charge is 0.280 e. The highest BCUT2D eigenvalue weighted by atomic mass is 79.9. The van der Waals surface area contributed by atoms with Crippen LogP contribution in [-0.4, -0.2) is 13.3 Å². The van der Waals surface area contributed by atoms with Crippen molar-refractivity contribution in [1.29, 1.82) is 0 Å². The van der Waals surface area contributed by atoms with E-state index in [1.807, 2.05) is 6.92 Å². The number of hydrogen-bond acceptors (Lipinski definition) is 4. The number of sulfonamides is 1. The molecule has 0 radical (unpaired) electrons. The number of nitro groups is 1. The summed E-state index contributed by atoms with van der Waals surface area (Å²) in [6, 6.07) is 8.99. The summed E-state index contributed by atoms with van der Waals surface area (Å²) in [5, 5.41) is 10.9. The summed E-state index contributed by atoms with van der Waals surface area (Å²) in [5.41, 5.74) is 1.14. The number of hydrogen-bond donors (Lipinski definition) is 1. The molecule has 2 aromatic carbocycles. The van der Waals surface area contributed by atoms with Gasteiger partial charge in [0.25, 0.3) is 15.7 Å². The molecule has 0 bridgehead atoms. The summed E-state index contributed by atoms with van der Waals surface area (Å²) < 4.78 is 28.2. The molecule has 0 spiro atoms. The lowest BCUT2D eigenvalue weighted by Crippen LogP contribution is -2.15. The second kappa shape index (κ2) is 6.05. The van der Waals surface area contributed by atoms with Gasteiger partial charge in [-0.25, -0.2) is 8.42 Å². The lowest BCUT2D eigenvalue weighted by atomic mass is 10.2. The molecule has 116 valence electrons. The van der Waals surface area contributed by atoms with E-state index in [1.165, 1.54) is 25.1 Å². The molecule has 0 saturated carbocycles. The summed E-state index contributed by atoms with van der Waals surface area (Å²) in [5.74, 6) is 0. The van der Waals surface area contributed by atoms with Crippen LogP contribution in [0.25, 0.3) is 0 Å². The summed E-state index contributed by atoms with van der Waals surface area (Å²) >= 11 is 3.34. The van der Waals surface area contributed by atoms with E-state index in [1.54, 1.807) is 18.2 Å². The molecule has 2 aromatic rings. The summed E-state index contributed by atoms with van der Waals surface area (Å²) in [7, 11) is -3.90. The molecular formula is C14H13BrN2O4S. The van der Waals surface area contributed by atoms with Crippen LogP contribution in [0.15, 0.2) is 45.8 Å². The number of aryl methyl sites for hydroxylation is 1. The van der Waals surface area contributed by atoms with Crippen molar-refractivity contribution in [3.8, 4) is 0 Å². The Bertz CT molecular complexity index is 850. The quantitative estimate of drug-likeness (QED) is 0.641. The van der Waals surface area contributed by atoms with Crippen LogP contribution in [0.5, 0.6) is 0 Å². The van der Waals surface area contributed by atoms with Crippen LogP contribution in [0, 0.1) is 24.0 Å². The molecule has 0 aromatic heterocycles. The van der Waals surface area contributed by atoms with Gasteiger partial charge < -0.3 is 0 Å². The van der Waals surface area contributed by atoms with Crippen LogP contribution in [0.3, 0.4) is 0 Å². The van der Waals surface area contributed by atoms with Crippen molar-refractivity contribution in [3.05, 3.63) is 62.1 Å². The molecule has 2 rings (SSSR count). The Kier molecular flexibility index (Phi) is 4.52. The van der Waals surface area contributed by atoms with Gasteiger partial charge in [-0.2, -0.15) is 0 Å². The SMILES string of the molecule is Cc1cc(NS(=O)(=O)c2cccc([N+](=O)[O-])c2C)ccc1Br. The summed E-state index contributed by atoms with van der Waals surface area (Å²) in [6.45, 7) is 3.25. The van der Waals surface area contributed by atoms with E-state index < -0.39 is 14.9 Å². The maximum absolute atomic E-state index is 12.4. The van der Waals surface area contributed by atoms with Gasteiger partial charge >= 0.3 is 0 Å². The molecule has 0 aliphatic rings. The van der Waals surface area contributed by atoms with Crippen LogP contribution < -0.4 is 4.72 Å². The molecule has 0 unspecified atom stereocenters. The Morgan fingerprint density at radius 3 is 2.45 bits per heavy atom. The van der Waals surface area contributed by atoms with Crippen molar-refractivity contribution in [3.63, 3.8) is 0 Å². The fourth-order valence-electron chi connectivity index (χ4n) is 2.01. The number of halogens is 1. The lowest BCUT2D eigenvalue weighted by molar-refractivity contribution is -0.385. The van der Waals surface area contributed by atoms with E-state index in [2.05, 4.69) is 20.7 Å².